The van der Waals surface area contributed by atoms with E-state index >= 15 is 0 Å². The molecule has 1 N–H and O–H groups in total. The van der Waals surface area contributed by atoms with E-state index in [1.54, 1.807) is 14.1 Å². The first kappa shape index (κ1) is 15.1. The summed E-state index contributed by atoms with van der Waals surface area (Å²) in [4.78, 5) is 13.1. The normalized spacial score (nSPS) is 15.8. The highest BCUT2D eigenvalue weighted by molar-refractivity contribution is 6.30. The summed E-state index contributed by atoms with van der Waals surface area (Å²) in [7, 11) is 3.44. The molecular weight excluding hydrogens is 276 g/mol. The molecule has 0 radical (unpaired) electrons. The van der Waals surface area contributed by atoms with Gasteiger partial charge < -0.3 is 15.0 Å². The molecule has 110 valence electrons. The molecule has 20 heavy (non-hydrogen) atoms. The summed E-state index contributed by atoms with van der Waals surface area (Å²) in [6.07, 6.45) is 2.37. The van der Waals surface area contributed by atoms with Crippen molar-refractivity contribution in [2.24, 2.45) is 5.92 Å². The molecule has 1 atom stereocenters. The van der Waals surface area contributed by atoms with Gasteiger partial charge in [-0.1, -0.05) is 23.7 Å². The van der Waals surface area contributed by atoms with Crippen LogP contribution in [0.2, 0.25) is 5.02 Å². The van der Waals surface area contributed by atoms with Crippen molar-refractivity contribution in [3.8, 4) is 0 Å². The van der Waals surface area contributed by atoms with Crippen molar-refractivity contribution in [1.29, 1.82) is 0 Å². The van der Waals surface area contributed by atoms with E-state index in [0.717, 1.165) is 12.2 Å². The smallest absolute Gasteiger partial charge is 0.316 e. The Bertz CT molecular complexity index is 444. The standard InChI is InChI=1S/C15H21ClN2O2/c1-18(2)15(19)17-9-14(20-10-11-3-4-11)12-5-7-13(16)8-6-12/h5-8,11,14H,3-4,9-10H2,1-2H3,(H,17,19)/t14-/m0/s1. The lowest BCUT2D eigenvalue weighted by molar-refractivity contribution is 0.0461. The molecule has 0 unspecified atom stereocenters. The summed E-state index contributed by atoms with van der Waals surface area (Å²) >= 11 is 5.91. The van der Waals surface area contributed by atoms with Gasteiger partial charge in [-0.25, -0.2) is 4.79 Å². The molecule has 0 saturated heterocycles. The number of urea groups is 1. The van der Waals surface area contributed by atoms with E-state index in [4.69, 9.17) is 16.3 Å². The molecule has 1 fully saturated rings. The molecule has 0 spiro atoms. The topological polar surface area (TPSA) is 41.6 Å². The minimum Gasteiger partial charge on any atom is -0.371 e. The van der Waals surface area contributed by atoms with Gasteiger partial charge in [0.2, 0.25) is 0 Å². The van der Waals surface area contributed by atoms with Gasteiger partial charge in [0, 0.05) is 25.7 Å². The summed E-state index contributed by atoms with van der Waals surface area (Å²) in [5, 5.41) is 3.57. The minimum absolute atomic E-state index is 0.112. The molecule has 4 nitrogen and oxygen atoms in total. The second-order valence-electron chi connectivity index (χ2n) is 5.40. The molecule has 1 saturated carbocycles. The lowest BCUT2D eigenvalue weighted by Crippen LogP contribution is -2.37. The van der Waals surface area contributed by atoms with E-state index in [1.165, 1.54) is 17.7 Å². The third-order valence-corrected chi connectivity index (χ3v) is 3.57. The van der Waals surface area contributed by atoms with Crippen LogP contribution in [0, 0.1) is 5.92 Å². The summed E-state index contributed by atoms with van der Waals surface area (Å²) in [5.41, 5.74) is 1.04. The van der Waals surface area contributed by atoms with Gasteiger partial charge in [0.15, 0.2) is 0 Å². The van der Waals surface area contributed by atoms with E-state index in [0.29, 0.717) is 17.5 Å². The number of carbonyl (C=O) groups excluding carboxylic acids is 1. The first-order valence-corrected chi connectivity index (χ1v) is 7.26. The van der Waals surface area contributed by atoms with Gasteiger partial charge in [-0.3, -0.25) is 0 Å². The predicted octanol–water partition coefficient (Wildman–Crippen LogP) is 3.08. The fraction of sp³-hybridized carbons (Fsp3) is 0.533. The van der Waals surface area contributed by atoms with Crippen molar-refractivity contribution in [2.75, 3.05) is 27.2 Å². The lowest BCUT2D eigenvalue weighted by atomic mass is 10.1. The first-order valence-electron chi connectivity index (χ1n) is 6.88. The summed E-state index contributed by atoms with van der Waals surface area (Å²) < 4.78 is 5.95. The highest BCUT2D eigenvalue weighted by atomic mass is 35.5. The molecule has 2 rings (SSSR count). The second-order valence-corrected chi connectivity index (χ2v) is 5.83. The maximum Gasteiger partial charge on any atom is 0.316 e. The van der Waals surface area contributed by atoms with Gasteiger partial charge in [0.05, 0.1) is 12.7 Å². The number of halogens is 1. The zero-order valence-electron chi connectivity index (χ0n) is 11.9. The van der Waals surface area contributed by atoms with Crippen LogP contribution in [0.25, 0.3) is 0 Å². The van der Waals surface area contributed by atoms with Crippen molar-refractivity contribution in [1.82, 2.24) is 10.2 Å². The van der Waals surface area contributed by atoms with Crippen LogP contribution in [-0.2, 0) is 4.74 Å². The molecule has 0 aliphatic heterocycles. The van der Waals surface area contributed by atoms with E-state index in [1.807, 2.05) is 24.3 Å². The largest absolute Gasteiger partial charge is 0.371 e. The minimum atomic E-state index is -0.128. The maximum atomic E-state index is 11.6. The fourth-order valence-corrected chi connectivity index (χ4v) is 1.95. The van der Waals surface area contributed by atoms with Crippen LogP contribution >= 0.6 is 11.6 Å². The van der Waals surface area contributed by atoms with Crippen LogP contribution in [-0.4, -0.2) is 38.2 Å². The van der Waals surface area contributed by atoms with Crippen molar-refractivity contribution in [3.63, 3.8) is 0 Å². The Morgan fingerprint density at radius 3 is 2.60 bits per heavy atom. The molecule has 1 aliphatic rings. The van der Waals surface area contributed by atoms with Crippen LogP contribution in [0.15, 0.2) is 24.3 Å². The van der Waals surface area contributed by atoms with Gasteiger partial charge in [0.25, 0.3) is 0 Å². The average molecular weight is 297 g/mol. The number of hydrogen-bond donors (Lipinski definition) is 1. The number of hydrogen-bond acceptors (Lipinski definition) is 2. The van der Waals surface area contributed by atoms with Crippen molar-refractivity contribution < 1.29 is 9.53 Å². The number of nitrogens with zero attached hydrogens (tertiary/aromatic N) is 1. The Hall–Kier alpha value is -1.26. The van der Waals surface area contributed by atoms with E-state index < -0.39 is 0 Å². The Balaban J connectivity index is 1.95. The fourth-order valence-electron chi connectivity index (χ4n) is 1.83. The highest BCUT2D eigenvalue weighted by Crippen LogP contribution is 2.31. The van der Waals surface area contributed by atoms with Gasteiger partial charge >= 0.3 is 6.03 Å². The molecular formula is C15H21ClN2O2. The third kappa shape index (κ3) is 4.69. The van der Waals surface area contributed by atoms with Crippen LogP contribution in [0.3, 0.4) is 0 Å². The summed E-state index contributed by atoms with van der Waals surface area (Å²) in [5.74, 6) is 0.689. The molecule has 1 aliphatic carbocycles. The monoisotopic (exact) mass is 296 g/mol. The molecule has 0 aromatic heterocycles. The van der Waals surface area contributed by atoms with Gasteiger partial charge in [-0.2, -0.15) is 0 Å². The molecule has 5 heteroatoms. The van der Waals surface area contributed by atoms with Crippen LogP contribution in [0.4, 0.5) is 4.79 Å². The second kappa shape index (κ2) is 6.95. The van der Waals surface area contributed by atoms with E-state index in [-0.39, 0.29) is 12.1 Å². The first-order chi connectivity index (χ1) is 9.56. The van der Waals surface area contributed by atoms with Gasteiger partial charge in [-0.05, 0) is 36.5 Å². The zero-order valence-corrected chi connectivity index (χ0v) is 12.7. The van der Waals surface area contributed by atoms with Gasteiger partial charge in [0.1, 0.15) is 0 Å². The molecule has 1 aromatic rings. The zero-order chi connectivity index (χ0) is 14.5. The number of ether oxygens (including phenoxy) is 1. The van der Waals surface area contributed by atoms with E-state index in [2.05, 4.69) is 5.32 Å². The van der Waals surface area contributed by atoms with Gasteiger partial charge in [-0.15, -0.1) is 0 Å². The number of rotatable bonds is 6. The molecule has 0 heterocycles. The van der Waals surface area contributed by atoms with Crippen molar-refractivity contribution in [2.45, 2.75) is 18.9 Å². The molecule has 0 bridgehead atoms. The lowest BCUT2D eigenvalue weighted by Gasteiger charge is -2.20. The molecule has 2 amide bonds. The van der Waals surface area contributed by atoms with Crippen LogP contribution < -0.4 is 5.32 Å². The number of amides is 2. The van der Waals surface area contributed by atoms with Crippen LogP contribution in [0.1, 0.15) is 24.5 Å². The van der Waals surface area contributed by atoms with Crippen molar-refractivity contribution in [3.05, 3.63) is 34.9 Å². The summed E-state index contributed by atoms with van der Waals surface area (Å²) in [6.45, 7) is 1.22. The third-order valence-electron chi connectivity index (χ3n) is 3.32. The quantitative estimate of drug-likeness (QED) is 0.876. The number of carbonyl (C=O) groups is 1. The highest BCUT2D eigenvalue weighted by Gasteiger charge is 2.24. The Morgan fingerprint density at radius 1 is 1.40 bits per heavy atom. The summed E-state index contributed by atoms with van der Waals surface area (Å²) in [6, 6.07) is 7.47. The Labute approximate surface area is 125 Å². The number of nitrogens with one attached hydrogen (secondary N) is 1. The average Bonchev–Trinajstić information content (AvgIpc) is 3.24. The van der Waals surface area contributed by atoms with E-state index in [9.17, 15) is 4.79 Å². The SMILES string of the molecule is CN(C)C(=O)NC[C@H](OCC1CC1)c1ccc(Cl)cc1. The Kier molecular flexibility index (Phi) is 5.26. The van der Waals surface area contributed by atoms with Crippen LogP contribution in [0.5, 0.6) is 0 Å². The predicted molar refractivity (Wildman–Crippen MR) is 80.0 cm³/mol. The Morgan fingerprint density at radius 2 is 2.05 bits per heavy atom. The maximum absolute atomic E-state index is 11.6. The molecule has 1 aromatic carbocycles. The number of benzene rings is 1. The van der Waals surface area contributed by atoms with Crippen molar-refractivity contribution >= 4 is 17.6 Å².